The highest BCUT2D eigenvalue weighted by Gasteiger charge is 2.11. The van der Waals surface area contributed by atoms with Crippen molar-refractivity contribution < 1.29 is 13.9 Å². The fourth-order valence-electron chi connectivity index (χ4n) is 1.77. The van der Waals surface area contributed by atoms with Gasteiger partial charge in [-0.05, 0) is 24.6 Å². The summed E-state index contributed by atoms with van der Waals surface area (Å²) in [4.78, 5) is 25.8. The highest BCUT2D eigenvalue weighted by atomic mass is 19.1. The van der Waals surface area contributed by atoms with Gasteiger partial charge in [0.05, 0.1) is 12.6 Å². The topological polar surface area (TPSA) is 59.2 Å². The maximum absolute atomic E-state index is 13.2. The number of hydrogen-bond donors (Lipinski definition) is 1. The molecule has 4 nitrogen and oxygen atoms in total. The Morgan fingerprint density at radius 3 is 2.71 bits per heavy atom. The van der Waals surface area contributed by atoms with Crippen molar-refractivity contribution in [2.24, 2.45) is 0 Å². The van der Waals surface area contributed by atoms with E-state index in [1.165, 1.54) is 19.2 Å². The van der Waals surface area contributed by atoms with E-state index >= 15 is 0 Å². The summed E-state index contributed by atoms with van der Waals surface area (Å²) in [6.45, 7) is 1.64. The van der Waals surface area contributed by atoms with Crippen LogP contribution in [-0.2, 0) is 4.74 Å². The van der Waals surface area contributed by atoms with Gasteiger partial charge in [-0.2, -0.15) is 0 Å². The Bertz CT molecular complexity index is 661. The fourth-order valence-corrected chi connectivity index (χ4v) is 1.77. The van der Waals surface area contributed by atoms with E-state index in [9.17, 15) is 14.0 Å². The maximum Gasteiger partial charge on any atom is 0.354 e. The van der Waals surface area contributed by atoms with Crippen molar-refractivity contribution >= 4 is 16.9 Å². The van der Waals surface area contributed by atoms with E-state index in [-0.39, 0.29) is 16.6 Å². The van der Waals surface area contributed by atoms with Crippen LogP contribution in [0.1, 0.15) is 16.1 Å². The summed E-state index contributed by atoms with van der Waals surface area (Å²) in [6, 6.07) is 3.60. The second kappa shape index (κ2) is 4.01. The van der Waals surface area contributed by atoms with Gasteiger partial charge in [-0.15, -0.1) is 0 Å². The van der Waals surface area contributed by atoms with Crippen molar-refractivity contribution in [3.05, 3.63) is 45.5 Å². The van der Waals surface area contributed by atoms with Gasteiger partial charge < -0.3 is 9.72 Å². The molecule has 0 fully saturated rings. The number of carbonyl (C=O) groups is 1. The van der Waals surface area contributed by atoms with Gasteiger partial charge in [-0.1, -0.05) is 0 Å². The molecule has 0 spiro atoms. The van der Waals surface area contributed by atoms with Gasteiger partial charge in [0.15, 0.2) is 5.43 Å². The van der Waals surface area contributed by atoms with Crippen LogP contribution in [0.2, 0.25) is 0 Å². The number of methoxy groups -OCH3 is 1. The van der Waals surface area contributed by atoms with Crippen molar-refractivity contribution in [2.45, 2.75) is 6.92 Å². The first-order valence-corrected chi connectivity index (χ1v) is 4.94. The molecule has 17 heavy (non-hydrogen) atoms. The van der Waals surface area contributed by atoms with E-state index in [0.717, 1.165) is 6.07 Å². The average molecular weight is 235 g/mol. The molecule has 0 bridgehead atoms. The zero-order valence-corrected chi connectivity index (χ0v) is 9.33. The van der Waals surface area contributed by atoms with Crippen LogP contribution in [0.5, 0.6) is 0 Å². The molecule has 0 aliphatic heterocycles. The Hall–Kier alpha value is -2.17. The van der Waals surface area contributed by atoms with E-state index in [2.05, 4.69) is 9.72 Å². The summed E-state index contributed by atoms with van der Waals surface area (Å²) in [5.74, 6) is -1.13. The van der Waals surface area contributed by atoms with Crippen LogP contribution in [0.25, 0.3) is 10.9 Å². The lowest BCUT2D eigenvalue weighted by atomic mass is 10.1. The van der Waals surface area contributed by atoms with Gasteiger partial charge in [-0.3, -0.25) is 4.79 Å². The van der Waals surface area contributed by atoms with Crippen LogP contribution in [-0.4, -0.2) is 18.1 Å². The molecule has 1 N–H and O–H groups in total. The number of pyridine rings is 1. The van der Waals surface area contributed by atoms with Crippen molar-refractivity contribution in [1.82, 2.24) is 4.98 Å². The van der Waals surface area contributed by atoms with Gasteiger partial charge in [0.2, 0.25) is 0 Å². The zero-order chi connectivity index (χ0) is 12.6. The Balaban J connectivity index is 2.82. The number of carbonyl (C=O) groups excluding carboxylic acids is 1. The first-order chi connectivity index (χ1) is 8.02. The van der Waals surface area contributed by atoms with E-state index in [1.54, 1.807) is 6.92 Å². The van der Waals surface area contributed by atoms with Gasteiger partial charge in [0.25, 0.3) is 0 Å². The molecule has 5 heteroatoms. The SMILES string of the molecule is COC(=O)c1cc(=O)c2c(C)cc(F)cc2[nH]1. The highest BCUT2D eigenvalue weighted by molar-refractivity contribution is 5.91. The predicted octanol–water partition coefficient (Wildman–Crippen LogP) is 1.76. The van der Waals surface area contributed by atoms with Crippen LogP contribution < -0.4 is 5.43 Å². The number of fused-ring (bicyclic) bond motifs is 1. The summed E-state index contributed by atoms with van der Waals surface area (Å²) < 4.78 is 17.7. The maximum atomic E-state index is 13.2. The quantitative estimate of drug-likeness (QED) is 0.766. The van der Waals surface area contributed by atoms with Gasteiger partial charge >= 0.3 is 5.97 Å². The lowest BCUT2D eigenvalue weighted by Gasteiger charge is -2.05. The molecule has 1 aromatic heterocycles. The third-order valence-electron chi connectivity index (χ3n) is 2.50. The number of H-pyrrole nitrogens is 1. The Kier molecular flexibility index (Phi) is 2.67. The van der Waals surface area contributed by atoms with E-state index in [1.807, 2.05) is 0 Å². The molecular formula is C12H10FNO3. The second-order valence-electron chi connectivity index (χ2n) is 3.68. The monoisotopic (exact) mass is 235 g/mol. The van der Waals surface area contributed by atoms with Crippen molar-refractivity contribution in [1.29, 1.82) is 0 Å². The van der Waals surface area contributed by atoms with Crippen LogP contribution in [0, 0.1) is 12.7 Å². The molecule has 0 aliphatic carbocycles. The number of nitrogens with one attached hydrogen (secondary N) is 1. The van der Waals surface area contributed by atoms with Crippen LogP contribution in [0.3, 0.4) is 0 Å². The van der Waals surface area contributed by atoms with Crippen LogP contribution >= 0.6 is 0 Å². The van der Waals surface area contributed by atoms with Crippen molar-refractivity contribution in [2.75, 3.05) is 7.11 Å². The largest absolute Gasteiger partial charge is 0.464 e. The number of aromatic nitrogens is 1. The fraction of sp³-hybridized carbons (Fsp3) is 0.167. The number of ether oxygens (including phenoxy) is 1. The Labute approximate surface area is 96.0 Å². The number of rotatable bonds is 1. The summed E-state index contributed by atoms with van der Waals surface area (Å²) >= 11 is 0. The van der Waals surface area contributed by atoms with Gasteiger partial charge in [0, 0.05) is 11.5 Å². The van der Waals surface area contributed by atoms with Crippen LogP contribution in [0.15, 0.2) is 23.0 Å². The van der Waals surface area contributed by atoms with Crippen LogP contribution in [0.4, 0.5) is 4.39 Å². The minimum Gasteiger partial charge on any atom is -0.464 e. The third kappa shape index (κ3) is 1.91. The molecular weight excluding hydrogens is 225 g/mol. The lowest BCUT2D eigenvalue weighted by molar-refractivity contribution is 0.0594. The normalized spacial score (nSPS) is 10.5. The number of aryl methyl sites for hydroxylation is 1. The molecule has 0 saturated heterocycles. The molecule has 2 aromatic rings. The number of benzene rings is 1. The predicted molar refractivity (Wildman–Crippen MR) is 60.6 cm³/mol. The number of esters is 1. The minimum absolute atomic E-state index is 0.00926. The molecule has 1 aromatic carbocycles. The summed E-state index contributed by atoms with van der Waals surface area (Å²) in [6.07, 6.45) is 0. The molecule has 0 amide bonds. The van der Waals surface area contributed by atoms with E-state index < -0.39 is 11.8 Å². The lowest BCUT2D eigenvalue weighted by Crippen LogP contribution is -2.12. The smallest absolute Gasteiger partial charge is 0.354 e. The third-order valence-corrected chi connectivity index (χ3v) is 2.50. The van der Waals surface area contributed by atoms with Gasteiger partial charge in [-0.25, -0.2) is 9.18 Å². The molecule has 88 valence electrons. The molecule has 0 radical (unpaired) electrons. The Morgan fingerprint density at radius 2 is 2.06 bits per heavy atom. The van der Waals surface area contributed by atoms with Crippen molar-refractivity contribution in [3.8, 4) is 0 Å². The summed E-state index contributed by atoms with van der Waals surface area (Å²) in [5, 5.41) is 0.374. The zero-order valence-electron chi connectivity index (χ0n) is 9.33. The Morgan fingerprint density at radius 1 is 1.35 bits per heavy atom. The van der Waals surface area contributed by atoms with Gasteiger partial charge in [0.1, 0.15) is 11.5 Å². The molecule has 0 atom stereocenters. The standard InChI is InChI=1S/C12H10FNO3/c1-6-3-7(13)4-8-11(6)10(15)5-9(14-8)12(16)17-2/h3-5H,1-2H3,(H,14,15). The molecule has 0 saturated carbocycles. The average Bonchev–Trinajstić information content (AvgIpc) is 2.26. The second-order valence-corrected chi connectivity index (χ2v) is 3.68. The first-order valence-electron chi connectivity index (χ1n) is 4.94. The molecule has 1 heterocycles. The molecule has 0 unspecified atom stereocenters. The molecule has 0 aliphatic rings. The molecule has 2 rings (SSSR count). The number of halogens is 1. The van der Waals surface area contributed by atoms with Crippen molar-refractivity contribution in [3.63, 3.8) is 0 Å². The summed E-state index contributed by atoms with van der Waals surface area (Å²) in [5.41, 5.74) is 0.486. The van der Waals surface area contributed by atoms with E-state index in [0.29, 0.717) is 10.9 Å². The first kappa shape index (κ1) is 11.3. The summed E-state index contributed by atoms with van der Waals surface area (Å²) in [7, 11) is 1.21. The minimum atomic E-state index is -0.661. The van der Waals surface area contributed by atoms with E-state index in [4.69, 9.17) is 0 Å². The number of aromatic amines is 1. The highest BCUT2D eigenvalue weighted by Crippen LogP contribution is 2.15. The number of hydrogen-bond acceptors (Lipinski definition) is 3.